The van der Waals surface area contributed by atoms with Crippen molar-refractivity contribution in [1.29, 1.82) is 0 Å². The fourth-order valence-corrected chi connectivity index (χ4v) is 5.69. The molecule has 0 saturated carbocycles. The lowest BCUT2D eigenvalue weighted by atomic mass is 10.1. The summed E-state index contributed by atoms with van der Waals surface area (Å²) in [4.78, 5) is 13.4. The summed E-state index contributed by atoms with van der Waals surface area (Å²) in [7, 11) is 6.67. The standard InChI is InChI=1S/C44H66N3O5/c1-6-8-10-11-12-13-14-15-17-20-34-50-41-30-31-42(43(36-41)51-35-21-18-16-19-32-47(3,4)5)44(48)52-40-28-24-38(25-29-40)46-45-37-22-26-39(27-23-37)49-33-9-7-2/h22-31,36H,6-21,32-35H2,1-5H3/q+1. The van der Waals surface area contributed by atoms with E-state index in [9.17, 15) is 4.79 Å². The number of carbonyl (C=O) groups excluding carboxylic acids is 1. The van der Waals surface area contributed by atoms with E-state index in [1.54, 1.807) is 30.3 Å². The van der Waals surface area contributed by atoms with E-state index in [4.69, 9.17) is 18.9 Å². The third-order valence-electron chi connectivity index (χ3n) is 8.85. The number of rotatable bonds is 28. The molecule has 3 aromatic rings. The molecule has 0 heterocycles. The van der Waals surface area contributed by atoms with Crippen LogP contribution in [0.4, 0.5) is 11.4 Å². The van der Waals surface area contributed by atoms with Crippen LogP contribution in [0.25, 0.3) is 0 Å². The van der Waals surface area contributed by atoms with Crippen LogP contribution in [0.3, 0.4) is 0 Å². The zero-order valence-electron chi connectivity index (χ0n) is 32.9. The molecule has 0 spiro atoms. The number of carbonyl (C=O) groups is 1. The summed E-state index contributed by atoms with van der Waals surface area (Å²) in [6, 6.07) is 19.9. The molecular weight excluding hydrogens is 650 g/mol. The highest BCUT2D eigenvalue weighted by molar-refractivity contribution is 5.94. The summed E-state index contributed by atoms with van der Waals surface area (Å²) in [6.45, 7) is 7.44. The Labute approximate surface area is 314 Å². The highest BCUT2D eigenvalue weighted by atomic mass is 16.5. The average molecular weight is 717 g/mol. The van der Waals surface area contributed by atoms with Gasteiger partial charge in [-0.15, -0.1) is 0 Å². The molecule has 8 heteroatoms. The van der Waals surface area contributed by atoms with Gasteiger partial charge < -0.3 is 23.4 Å². The van der Waals surface area contributed by atoms with Gasteiger partial charge in [0, 0.05) is 6.07 Å². The van der Waals surface area contributed by atoms with Crippen molar-refractivity contribution in [2.24, 2.45) is 10.2 Å². The molecule has 0 aliphatic rings. The molecule has 0 atom stereocenters. The average Bonchev–Trinajstić information content (AvgIpc) is 3.13. The second kappa shape index (κ2) is 25.1. The fourth-order valence-electron chi connectivity index (χ4n) is 5.69. The van der Waals surface area contributed by atoms with E-state index in [-0.39, 0.29) is 0 Å². The number of esters is 1. The van der Waals surface area contributed by atoms with Crippen LogP contribution in [0, 0.1) is 0 Å². The van der Waals surface area contributed by atoms with Gasteiger partial charge in [-0.05, 0) is 99.2 Å². The second-order valence-electron chi connectivity index (χ2n) is 14.7. The molecule has 0 amide bonds. The van der Waals surface area contributed by atoms with Gasteiger partial charge in [-0.1, -0.05) is 78.1 Å². The van der Waals surface area contributed by atoms with Crippen LogP contribution < -0.4 is 18.9 Å². The Bertz CT molecular complexity index is 1420. The Morgan fingerprint density at radius 2 is 0.981 bits per heavy atom. The van der Waals surface area contributed by atoms with E-state index in [1.807, 2.05) is 36.4 Å². The Morgan fingerprint density at radius 1 is 0.519 bits per heavy atom. The van der Waals surface area contributed by atoms with E-state index in [0.717, 1.165) is 61.0 Å². The Kier molecular flexibility index (Phi) is 20.5. The monoisotopic (exact) mass is 716 g/mol. The number of hydrogen-bond acceptors (Lipinski definition) is 7. The van der Waals surface area contributed by atoms with Crippen LogP contribution in [0.15, 0.2) is 77.0 Å². The maximum atomic E-state index is 13.4. The van der Waals surface area contributed by atoms with E-state index >= 15 is 0 Å². The van der Waals surface area contributed by atoms with Gasteiger partial charge in [-0.25, -0.2) is 4.79 Å². The van der Waals surface area contributed by atoms with Gasteiger partial charge in [0.2, 0.25) is 0 Å². The topological polar surface area (TPSA) is 78.7 Å². The van der Waals surface area contributed by atoms with Gasteiger partial charge in [-0.2, -0.15) is 10.2 Å². The molecule has 0 bridgehead atoms. The van der Waals surface area contributed by atoms with Crippen molar-refractivity contribution in [2.45, 2.75) is 117 Å². The fraction of sp³-hybridized carbons (Fsp3) is 0.568. The van der Waals surface area contributed by atoms with Crippen molar-refractivity contribution in [3.05, 3.63) is 72.3 Å². The van der Waals surface area contributed by atoms with Gasteiger partial charge in [0.25, 0.3) is 0 Å². The molecule has 8 nitrogen and oxygen atoms in total. The molecule has 0 unspecified atom stereocenters. The van der Waals surface area contributed by atoms with Gasteiger partial charge in [0.1, 0.15) is 28.6 Å². The number of unbranched alkanes of at least 4 members (excludes halogenated alkanes) is 13. The molecule has 286 valence electrons. The highest BCUT2D eigenvalue weighted by Gasteiger charge is 2.17. The van der Waals surface area contributed by atoms with Crippen molar-refractivity contribution in [3.8, 4) is 23.0 Å². The van der Waals surface area contributed by atoms with Crippen molar-refractivity contribution in [2.75, 3.05) is 47.5 Å². The van der Waals surface area contributed by atoms with Gasteiger partial charge in [0.05, 0.1) is 58.9 Å². The summed E-state index contributed by atoms with van der Waals surface area (Å²) in [5.41, 5.74) is 1.76. The number of benzene rings is 3. The summed E-state index contributed by atoms with van der Waals surface area (Å²) in [6.07, 6.45) is 19.3. The number of nitrogens with zero attached hydrogens (tertiary/aromatic N) is 3. The molecule has 0 aliphatic heterocycles. The van der Waals surface area contributed by atoms with E-state index < -0.39 is 5.97 Å². The first-order chi connectivity index (χ1) is 25.3. The molecule has 52 heavy (non-hydrogen) atoms. The van der Waals surface area contributed by atoms with Crippen LogP contribution in [0.1, 0.15) is 127 Å². The van der Waals surface area contributed by atoms with Gasteiger partial charge in [0.15, 0.2) is 0 Å². The lowest BCUT2D eigenvalue weighted by molar-refractivity contribution is -0.870. The quantitative estimate of drug-likeness (QED) is 0.0246. The molecular formula is C44H66N3O5+. The maximum absolute atomic E-state index is 13.4. The summed E-state index contributed by atoms with van der Waals surface area (Å²) in [5, 5.41) is 8.65. The van der Waals surface area contributed by atoms with E-state index in [2.05, 4.69) is 45.2 Å². The largest absolute Gasteiger partial charge is 0.494 e. The summed E-state index contributed by atoms with van der Waals surface area (Å²) < 4.78 is 24.8. The predicted octanol–water partition coefficient (Wildman–Crippen LogP) is 12.4. The zero-order valence-corrected chi connectivity index (χ0v) is 32.9. The molecule has 0 N–H and O–H groups in total. The first-order valence-corrected chi connectivity index (χ1v) is 19.9. The minimum absolute atomic E-state index is 0.377. The first-order valence-electron chi connectivity index (χ1n) is 19.9. The smallest absolute Gasteiger partial charge is 0.347 e. The maximum Gasteiger partial charge on any atom is 0.347 e. The van der Waals surface area contributed by atoms with Crippen LogP contribution >= 0.6 is 0 Å². The number of hydrogen-bond donors (Lipinski definition) is 0. The third-order valence-corrected chi connectivity index (χ3v) is 8.85. The Hall–Kier alpha value is -3.91. The molecule has 0 saturated heterocycles. The zero-order chi connectivity index (χ0) is 37.3. The van der Waals surface area contributed by atoms with Crippen LogP contribution in [0.5, 0.6) is 23.0 Å². The van der Waals surface area contributed by atoms with E-state index in [0.29, 0.717) is 48.3 Å². The predicted molar refractivity (Wildman–Crippen MR) is 213 cm³/mol. The van der Waals surface area contributed by atoms with Crippen molar-refractivity contribution in [3.63, 3.8) is 0 Å². The minimum atomic E-state index is -0.477. The molecule has 3 rings (SSSR count). The van der Waals surface area contributed by atoms with Crippen LogP contribution in [0.2, 0.25) is 0 Å². The Balaban J connectivity index is 1.52. The van der Waals surface area contributed by atoms with Crippen LogP contribution in [-0.4, -0.2) is 58.0 Å². The Morgan fingerprint density at radius 3 is 1.56 bits per heavy atom. The van der Waals surface area contributed by atoms with E-state index in [1.165, 1.54) is 64.2 Å². The SMILES string of the molecule is CCCCCCCCCCCCOc1ccc(C(=O)Oc2ccc(N=Nc3ccc(OCCCC)cc3)cc2)c(OCCCCCC[N+](C)(C)C)c1. The third kappa shape index (κ3) is 18.5. The van der Waals surface area contributed by atoms with Gasteiger partial charge >= 0.3 is 5.97 Å². The van der Waals surface area contributed by atoms with Crippen molar-refractivity contribution in [1.82, 2.24) is 0 Å². The van der Waals surface area contributed by atoms with Crippen molar-refractivity contribution >= 4 is 17.3 Å². The summed E-state index contributed by atoms with van der Waals surface area (Å²) >= 11 is 0. The van der Waals surface area contributed by atoms with Crippen molar-refractivity contribution < 1.29 is 28.2 Å². The first kappa shape index (κ1) is 42.5. The molecule has 0 aliphatic carbocycles. The molecule has 3 aromatic carbocycles. The lowest BCUT2D eigenvalue weighted by Gasteiger charge is -2.23. The highest BCUT2D eigenvalue weighted by Crippen LogP contribution is 2.29. The summed E-state index contributed by atoms with van der Waals surface area (Å²) in [5.74, 6) is 1.96. The number of ether oxygens (including phenoxy) is 4. The molecule has 0 radical (unpaired) electrons. The molecule has 0 fully saturated rings. The molecule has 0 aromatic heterocycles. The second-order valence-corrected chi connectivity index (χ2v) is 14.7. The van der Waals surface area contributed by atoms with Crippen LogP contribution in [-0.2, 0) is 0 Å². The minimum Gasteiger partial charge on any atom is -0.494 e. The van der Waals surface area contributed by atoms with Gasteiger partial charge in [-0.3, -0.25) is 0 Å². The number of quaternary nitrogens is 1. The number of azo groups is 1. The normalized spacial score (nSPS) is 11.6. The lowest BCUT2D eigenvalue weighted by Crippen LogP contribution is -2.35.